The third kappa shape index (κ3) is 2.71. The summed E-state index contributed by atoms with van der Waals surface area (Å²) in [4.78, 5) is 17.7. The molecule has 26 heavy (non-hydrogen) atoms. The second-order valence-corrected chi connectivity index (χ2v) is 6.82. The van der Waals surface area contributed by atoms with E-state index in [4.69, 9.17) is 9.84 Å². The molecule has 8 heteroatoms. The summed E-state index contributed by atoms with van der Waals surface area (Å²) in [5, 5.41) is 4.72. The molecule has 3 aromatic heterocycles. The Morgan fingerprint density at radius 1 is 1.00 bits per heavy atom. The van der Waals surface area contributed by atoms with E-state index in [1.807, 2.05) is 23.0 Å². The van der Waals surface area contributed by atoms with Crippen molar-refractivity contribution in [3.8, 4) is 5.88 Å². The van der Waals surface area contributed by atoms with E-state index in [0.29, 0.717) is 11.8 Å². The smallest absolute Gasteiger partial charge is 0.218 e. The van der Waals surface area contributed by atoms with Gasteiger partial charge in [-0.15, -0.1) is 0 Å². The van der Waals surface area contributed by atoms with E-state index in [0.717, 1.165) is 43.3 Å². The summed E-state index contributed by atoms with van der Waals surface area (Å²) in [5.74, 6) is 3.16. The fourth-order valence-electron chi connectivity index (χ4n) is 3.51. The van der Waals surface area contributed by atoms with Crippen LogP contribution in [0.3, 0.4) is 0 Å². The zero-order chi connectivity index (χ0) is 17.5. The van der Waals surface area contributed by atoms with Gasteiger partial charge in [0, 0.05) is 50.6 Å². The lowest BCUT2D eigenvalue weighted by Crippen LogP contribution is -2.47. The number of anilines is 2. The van der Waals surface area contributed by atoms with Crippen molar-refractivity contribution >= 4 is 17.2 Å². The first-order valence-corrected chi connectivity index (χ1v) is 9.02. The van der Waals surface area contributed by atoms with E-state index in [1.54, 1.807) is 13.4 Å². The molecule has 0 bridgehead atoms. The van der Waals surface area contributed by atoms with Crippen molar-refractivity contribution < 1.29 is 4.74 Å². The molecule has 0 atom stereocenters. The highest BCUT2D eigenvalue weighted by Crippen LogP contribution is 2.40. The average molecular weight is 351 g/mol. The van der Waals surface area contributed by atoms with Gasteiger partial charge in [-0.05, 0) is 18.9 Å². The van der Waals surface area contributed by atoms with E-state index in [1.165, 1.54) is 18.5 Å². The Morgan fingerprint density at radius 2 is 1.81 bits per heavy atom. The lowest BCUT2D eigenvalue weighted by atomic mass is 10.2. The summed E-state index contributed by atoms with van der Waals surface area (Å²) in [7, 11) is 1.62. The summed E-state index contributed by atoms with van der Waals surface area (Å²) in [6.07, 6.45) is 7.84. The molecule has 1 saturated heterocycles. The fourth-order valence-corrected chi connectivity index (χ4v) is 3.51. The molecular weight excluding hydrogens is 330 g/mol. The number of hydrogen-bond donors (Lipinski definition) is 0. The summed E-state index contributed by atoms with van der Waals surface area (Å²) < 4.78 is 7.17. The third-order valence-corrected chi connectivity index (χ3v) is 5.12. The predicted octanol–water partition coefficient (Wildman–Crippen LogP) is 1.73. The van der Waals surface area contributed by atoms with Crippen molar-refractivity contribution in [2.75, 3.05) is 43.1 Å². The van der Waals surface area contributed by atoms with Crippen LogP contribution < -0.4 is 14.5 Å². The quantitative estimate of drug-likeness (QED) is 0.709. The number of ether oxygens (including phenoxy) is 1. The van der Waals surface area contributed by atoms with Crippen molar-refractivity contribution in [2.24, 2.45) is 0 Å². The van der Waals surface area contributed by atoms with E-state index in [9.17, 15) is 0 Å². The Balaban J connectivity index is 1.36. The minimum atomic E-state index is 0.593. The highest BCUT2D eigenvalue weighted by atomic mass is 16.5. The number of aromatic nitrogens is 5. The fraction of sp³-hybridized carbons (Fsp3) is 0.444. The summed E-state index contributed by atoms with van der Waals surface area (Å²) >= 11 is 0. The zero-order valence-corrected chi connectivity index (χ0v) is 14.7. The van der Waals surface area contributed by atoms with Crippen LogP contribution >= 0.6 is 0 Å². The predicted molar refractivity (Wildman–Crippen MR) is 98.0 cm³/mol. The van der Waals surface area contributed by atoms with Gasteiger partial charge in [0.2, 0.25) is 5.88 Å². The topological polar surface area (TPSA) is 71.7 Å². The van der Waals surface area contributed by atoms with Crippen molar-refractivity contribution in [3.63, 3.8) is 0 Å². The van der Waals surface area contributed by atoms with Gasteiger partial charge in [-0.3, -0.25) is 0 Å². The largest absolute Gasteiger partial charge is 0.481 e. The van der Waals surface area contributed by atoms with Crippen molar-refractivity contribution in [3.05, 3.63) is 36.5 Å². The van der Waals surface area contributed by atoms with Gasteiger partial charge in [0.1, 0.15) is 17.7 Å². The summed E-state index contributed by atoms with van der Waals surface area (Å²) in [6.45, 7) is 3.55. The molecular formula is C18H21N7O. The Bertz CT molecular complexity index is 928. The van der Waals surface area contributed by atoms with Gasteiger partial charge in [-0.2, -0.15) is 5.10 Å². The molecule has 1 aliphatic carbocycles. The highest BCUT2D eigenvalue weighted by Gasteiger charge is 2.28. The van der Waals surface area contributed by atoms with Gasteiger partial charge in [0.05, 0.1) is 12.8 Å². The molecule has 0 radical (unpaired) electrons. The summed E-state index contributed by atoms with van der Waals surface area (Å²) in [5.41, 5.74) is 2.30. The lowest BCUT2D eigenvalue weighted by Gasteiger charge is -2.36. The van der Waals surface area contributed by atoms with Crippen LogP contribution in [0, 0.1) is 0 Å². The van der Waals surface area contributed by atoms with Crippen LogP contribution in [0.4, 0.5) is 11.6 Å². The number of fused-ring (bicyclic) bond motifs is 1. The first-order valence-electron chi connectivity index (χ1n) is 9.02. The maximum Gasteiger partial charge on any atom is 0.218 e. The average Bonchev–Trinajstić information content (AvgIpc) is 3.46. The first-order chi connectivity index (χ1) is 12.8. The Kier molecular flexibility index (Phi) is 3.62. The van der Waals surface area contributed by atoms with Crippen molar-refractivity contribution in [2.45, 2.75) is 18.8 Å². The number of nitrogens with zero attached hydrogens (tertiary/aromatic N) is 7. The molecule has 3 aromatic rings. The van der Waals surface area contributed by atoms with Crippen LogP contribution in [-0.2, 0) is 0 Å². The van der Waals surface area contributed by atoms with Crippen LogP contribution in [0.2, 0.25) is 0 Å². The normalized spacial score (nSPS) is 17.7. The molecule has 0 spiro atoms. The van der Waals surface area contributed by atoms with Crippen LogP contribution in [0.15, 0.2) is 30.9 Å². The van der Waals surface area contributed by atoms with Crippen LogP contribution in [0.5, 0.6) is 5.88 Å². The molecule has 8 nitrogen and oxygen atoms in total. The number of methoxy groups -OCH3 is 1. The van der Waals surface area contributed by atoms with Gasteiger partial charge in [0.15, 0.2) is 5.82 Å². The minimum absolute atomic E-state index is 0.593. The van der Waals surface area contributed by atoms with Gasteiger partial charge in [-0.25, -0.2) is 19.5 Å². The molecule has 0 amide bonds. The zero-order valence-electron chi connectivity index (χ0n) is 14.7. The Morgan fingerprint density at radius 3 is 2.58 bits per heavy atom. The highest BCUT2D eigenvalue weighted by molar-refractivity contribution is 5.70. The molecule has 0 aromatic carbocycles. The van der Waals surface area contributed by atoms with E-state index in [2.05, 4.69) is 30.8 Å². The molecule has 2 fully saturated rings. The molecule has 2 aliphatic rings. The second kappa shape index (κ2) is 6.12. The van der Waals surface area contributed by atoms with Crippen molar-refractivity contribution in [1.29, 1.82) is 0 Å². The molecule has 5 rings (SSSR count). The minimum Gasteiger partial charge on any atom is -0.481 e. The first kappa shape index (κ1) is 15.4. The third-order valence-electron chi connectivity index (χ3n) is 5.12. The molecule has 1 aliphatic heterocycles. The van der Waals surface area contributed by atoms with Gasteiger partial charge in [0.25, 0.3) is 0 Å². The standard InChI is InChI=1S/C18H21N7O/c1-26-17-11-16(20-12-21-17)23-6-8-24(9-7-23)18-15-10-14(13-2-3-13)22-25(15)5-4-19-18/h4-5,10-13H,2-3,6-9H2,1H3. The molecule has 134 valence electrons. The second-order valence-electron chi connectivity index (χ2n) is 6.82. The van der Waals surface area contributed by atoms with Crippen molar-refractivity contribution in [1.82, 2.24) is 24.6 Å². The molecule has 0 unspecified atom stereocenters. The van der Waals surface area contributed by atoms with Crippen LogP contribution in [-0.4, -0.2) is 57.9 Å². The van der Waals surface area contributed by atoms with Gasteiger partial charge < -0.3 is 14.5 Å². The molecule has 4 heterocycles. The van der Waals surface area contributed by atoms with Gasteiger partial charge >= 0.3 is 0 Å². The van der Waals surface area contributed by atoms with E-state index >= 15 is 0 Å². The Hall–Kier alpha value is -2.90. The van der Waals surface area contributed by atoms with Crippen LogP contribution in [0.1, 0.15) is 24.5 Å². The maximum absolute atomic E-state index is 5.20. The monoisotopic (exact) mass is 351 g/mol. The number of rotatable bonds is 4. The molecule has 1 saturated carbocycles. The van der Waals surface area contributed by atoms with Gasteiger partial charge in [-0.1, -0.05) is 0 Å². The molecule has 0 N–H and O–H groups in total. The van der Waals surface area contributed by atoms with Crippen LogP contribution in [0.25, 0.3) is 5.52 Å². The lowest BCUT2D eigenvalue weighted by molar-refractivity contribution is 0.396. The van der Waals surface area contributed by atoms with E-state index in [-0.39, 0.29) is 0 Å². The Labute approximate surface area is 151 Å². The summed E-state index contributed by atoms with van der Waals surface area (Å²) in [6, 6.07) is 4.09. The SMILES string of the molecule is COc1cc(N2CCN(c3nccn4nc(C5CC5)cc34)CC2)ncn1. The van der Waals surface area contributed by atoms with E-state index < -0.39 is 0 Å². The maximum atomic E-state index is 5.20. The number of hydrogen-bond acceptors (Lipinski definition) is 7. The number of piperazine rings is 1.